The molecule has 4 aromatic rings. The van der Waals surface area contributed by atoms with Crippen molar-refractivity contribution >= 4 is 22.8 Å². The Morgan fingerprint density at radius 2 is 2.03 bits per heavy atom. The van der Waals surface area contributed by atoms with E-state index in [0.717, 1.165) is 0 Å². The molecule has 1 aliphatic heterocycles. The molecule has 0 saturated carbocycles. The molecule has 5 rings (SSSR count). The zero-order chi connectivity index (χ0) is 24.6. The van der Waals surface area contributed by atoms with Gasteiger partial charge in [-0.05, 0) is 25.1 Å². The number of anilines is 1. The second-order valence-electron chi connectivity index (χ2n) is 8.13. The maximum Gasteiger partial charge on any atom is 0.275 e. The van der Waals surface area contributed by atoms with Gasteiger partial charge in [0.05, 0.1) is 18.7 Å². The number of carbonyl (C=O) groups excluding carboxylic acids is 1. The fraction of sp³-hybridized carbons (Fsp3) is 0.304. The van der Waals surface area contributed by atoms with Crippen LogP contribution in [-0.4, -0.2) is 72.1 Å². The fourth-order valence-electron chi connectivity index (χ4n) is 3.67. The SMILES string of the molecule is Cc1nc([C@](C)(O)C#Cc2ccc3c(C(=O)N4CCOCC4)nn(-c4ccnc(N)n4)c3c2)no1. The second-order valence-corrected chi connectivity index (χ2v) is 8.13. The van der Waals surface area contributed by atoms with Crippen molar-refractivity contribution in [3.63, 3.8) is 0 Å². The molecular weight excluding hydrogens is 452 g/mol. The van der Waals surface area contributed by atoms with E-state index in [2.05, 4.69) is 37.0 Å². The smallest absolute Gasteiger partial charge is 0.275 e. The lowest BCUT2D eigenvalue weighted by atomic mass is 10.1. The summed E-state index contributed by atoms with van der Waals surface area (Å²) in [5, 5.41) is 19.7. The van der Waals surface area contributed by atoms with Gasteiger partial charge in [0, 0.05) is 43.2 Å². The topological polar surface area (TPSA) is 158 Å². The Labute approximate surface area is 199 Å². The standard InChI is InChI=1S/C23H22N8O4/c1-14-26-21(29-35-14)23(2,33)7-5-15-3-4-16-17(13-15)31(18-6-8-25-22(24)27-18)28-19(16)20(32)30-9-11-34-12-10-30/h3-4,6,8,13,33H,9-12H2,1-2H3,(H2,24,25,27)/t23-/m1/s1. The number of rotatable bonds is 3. The van der Waals surface area contributed by atoms with Crippen molar-refractivity contribution in [1.29, 1.82) is 0 Å². The summed E-state index contributed by atoms with van der Waals surface area (Å²) in [5.74, 6) is 6.40. The van der Waals surface area contributed by atoms with E-state index >= 15 is 0 Å². The molecule has 0 aliphatic carbocycles. The maximum atomic E-state index is 13.3. The van der Waals surface area contributed by atoms with E-state index in [9.17, 15) is 9.90 Å². The van der Waals surface area contributed by atoms with E-state index in [1.54, 1.807) is 36.1 Å². The van der Waals surface area contributed by atoms with Crippen LogP contribution in [-0.2, 0) is 10.3 Å². The Balaban J connectivity index is 1.59. The van der Waals surface area contributed by atoms with Crippen molar-refractivity contribution in [2.45, 2.75) is 19.4 Å². The van der Waals surface area contributed by atoms with Gasteiger partial charge in [-0.1, -0.05) is 17.0 Å². The van der Waals surface area contributed by atoms with Crippen LogP contribution in [0.1, 0.15) is 34.7 Å². The lowest BCUT2D eigenvalue weighted by Gasteiger charge is -2.26. The molecule has 1 saturated heterocycles. The third-order valence-electron chi connectivity index (χ3n) is 5.47. The first-order valence-electron chi connectivity index (χ1n) is 10.9. The van der Waals surface area contributed by atoms with E-state index in [1.807, 2.05) is 0 Å². The molecule has 3 aromatic heterocycles. The van der Waals surface area contributed by atoms with E-state index < -0.39 is 5.60 Å². The van der Waals surface area contributed by atoms with Crippen LogP contribution >= 0.6 is 0 Å². The van der Waals surface area contributed by atoms with Gasteiger partial charge in [0.25, 0.3) is 5.91 Å². The van der Waals surface area contributed by atoms with Gasteiger partial charge in [-0.15, -0.1) is 0 Å². The van der Waals surface area contributed by atoms with Gasteiger partial charge in [0.2, 0.25) is 17.7 Å². The number of aromatic nitrogens is 6. The summed E-state index contributed by atoms with van der Waals surface area (Å²) in [6, 6.07) is 6.94. The minimum absolute atomic E-state index is 0.0727. The molecule has 4 heterocycles. The molecule has 12 nitrogen and oxygen atoms in total. The van der Waals surface area contributed by atoms with Crippen molar-refractivity contribution in [3.8, 4) is 17.7 Å². The van der Waals surface area contributed by atoms with Gasteiger partial charge in [0.1, 0.15) is 0 Å². The van der Waals surface area contributed by atoms with E-state index in [-0.39, 0.29) is 23.4 Å². The Morgan fingerprint density at radius 1 is 1.23 bits per heavy atom. The summed E-state index contributed by atoms with van der Waals surface area (Å²) in [7, 11) is 0. The first-order valence-corrected chi connectivity index (χ1v) is 10.9. The first kappa shape index (κ1) is 22.5. The van der Waals surface area contributed by atoms with E-state index in [1.165, 1.54) is 17.8 Å². The number of ether oxygens (including phenoxy) is 1. The van der Waals surface area contributed by atoms with E-state index in [4.69, 9.17) is 15.0 Å². The highest BCUT2D eigenvalue weighted by Gasteiger charge is 2.27. The third kappa shape index (κ3) is 4.42. The predicted octanol–water partition coefficient (Wildman–Crippen LogP) is 0.821. The van der Waals surface area contributed by atoms with Crippen molar-refractivity contribution < 1.29 is 19.2 Å². The van der Waals surface area contributed by atoms with Crippen molar-refractivity contribution in [2.24, 2.45) is 0 Å². The summed E-state index contributed by atoms with van der Waals surface area (Å²) in [4.78, 5) is 27.2. The molecule has 1 aromatic carbocycles. The number of benzene rings is 1. The molecule has 1 fully saturated rings. The minimum atomic E-state index is -1.62. The van der Waals surface area contributed by atoms with Crippen LogP contribution in [0.4, 0.5) is 5.95 Å². The number of fused-ring (bicyclic) bond motifs is 1. The quantitative estimate of drug-likeness (QED) is 0.407. The first-order chi connectivity index (χ1) is 16.8. The van der Waals surface area contributed by atoms with Crippen molar-refractivity contribution in [2.75, 3.05) is 32.0 Å². The van der Waals surface area contributed by atoms with Crippen LogP contribution < -0.4 is 5.73 Å². The molecule has 1 aliphatic rings. The average Bonchev–Trinajstić information content (AvgIpc) is 3.47. The van der Waals surface area contributed by atoms with Gasteiger partial charge < -0.3 is 25.0 Å². The van der Waals surface area contributed by atoms with Gasteiger partial charge in [0.15, 0.2) is 17.1 Å². The lowest BCUT2D eigenvalue weighted by molar-refractivity contribution is 0.0300. The van der Waals surface area contributed by atoms with Gasteiger partial charge in [-0.25, -0.2) is 9.67 Å². The normalized spacial score (nSPS) is 15.5. The summed E-state index contributed by atoms with van der Waals surface area (Å²) in [6.07, 6.45) is 1.52. The Kier molecular flexibility index (Phi) is 5.64. The molecule has 35 heavy (non-hydrogen) atoms. The van der Waals surface area contributed by atoms with Crippen LogP contribution in [0.5, 0.6) is 0 Å². The Bertz CT molecular complexity index is 1470. The number of nitrogens with two attached hydrogens (primary N) is 1. The van der Waals surface area contributed by atoms with Gasteiger partial charge in [-0.3, -0.25) is 4.79 Å². The maximum absolute atomic E-state index is 13.3. The van der Waals surface area contributed by atoms with Gasteiger partial charge >= 0.3 is 0 Å². The Morgan fingerprint density at radius 3 is 2.74 bits per heavy atom. The molecule has 0 spiro atoms. The zero-order valence-electron chi connectivity index (χ0n) is 19.1. The highest BCUT2D eigenvalue weighted by Crippen LogP contribution is 2.25. The molecule has 1 atom stereocenters. The van der Waals surface area contributed by atoms with Crippen LogP contribution in [0, 0.1) is 18.8 Å². The zero-order valence-corrected chi connectivity index (χ0v) is 19.1. The summed E-state index contributed by atoms with van der Waals surface area (Å²) in [5.41, 5.74) is 5.62. The minimum Gasteiger partial charge on any atom is -0.378 e. The van der Waals surface area contributed by atoms with Crippen LogP contribution in [0.3, 0.4) is 0 Å². The number of morpholine rings is 1. The number of amides is 1. The molecule has 0 bridgehead atoms. The van der Waals surface area contributed by atoms with E-state index in [0.29, 0.717) is 54.5 Å². The average molecular weight is 474 g/mol. The largest absolute Gasteiger partial charge is 0.378 e. The lowest BCUT2D eigenvalue weighted by Crippen LogP contribution is -2.41. The third-order valence-corrected chi connectivity index (χ3v) is 5.47. The number of nitrogens with zero attached hydrogens (tertiary/aromatic N) is 7. The molecule has 0 radical (unpaired) electrons. The Hall–Kier alpha value is -4.34. The predicted molar refractivity (Wildman–Crippen MR) is 123 cm³/mol. The molecule has 0 unspecified atom stereocenters. The van der Waals surface area contributed by atoms with Crippen molar-refractivity contribution in [3.05, 3.63) is 53.4 Å². The number of aryl methyl sites for hydroxylation is 1. The highest BCUT2D eigenvalue weighted by atomic mass is 16.5. The summed E-state index contributed by atoms with van der Waals surface area (Å²) >= 11 is 0. The monoisotopic (exact) mass is 474 g/mol. The molecular formula is C23H22N8O4. The number of nitrogen functional groups attached to an aromatic ring is 1. The van der Waals surface area contributed by atoms with Crippen LogP contribution in [0.2, 0.25) is 0 Å². The molecule has 178 valence electrons. The second kappa shape index (κ2) is 8.79. The summed E-state index contributed by atoms with van der Waals surface area (Å²) in [6.45, 7) is 5.04. The number of carbonyl (C=O) groups is 1. The van der Waals surface area contributed by atoms with Gasteiger partial charge in [-0.2, -0.15) is 15.1 Å². The molecule has 3 N–H and O–H groups in total. The van der Waals surface area contributed by atoms with Crippen molar-refractivity contribution in [1.82, 2.24) is 34.8 Å². The van der Waals surface area contributed by atoms with Crippen LogP contribution in [0.15, 0.2) is 35.0 Å². The number of hydrogen-bond acceptors (Lipinski definition) is 10. The number of hydrogen-bond donors (Lipinski definition) is 2. The van der Waals surface area contributed by atoms with Crippen LogP contribution in [0.25, 0.3) is 16.7 Å². The molecule has 12 heteroatoms. The number of aliphatic hydroxyl groups is 1. The fourth-order valence-corrected chi connectivity index (χ4v) is 3.67. The highest BCUT2D eigenvalue weighted by molar-refractivity contribution is 6.05. The summed E-state index contributed by atoms with van der Waals surface area (Å²) < 4.78 is 11.8. The molecule has 1 amide bonds.